The summed E-state index contributed by atoms with van der Waals surface area (Å²) in [5.74, 6) is -0.228. The topological polar surface area (TPSA) is 50.2 Å². The van der Waals surface area contributed by atoms with Gasteiger partial charge in [0.25, 0.3) is 0 Å². The minimum atomic E-state index is -0.410. The van der Waals surface area contributed by atoms with Gasteiger partial charge in [0.2, 0.25) is 0 Å². The summed E-state index contributed by atoms with van der Waals surface area (Å²) in [7, 11) is 0.0650. The summed E-state index contributed by atoms with van der Waals surface area (Å²) in [6.07, 6.45) is 0.807. The number of halogens is 2. The van der Waals surface area contributed by atoms with Gasteiger partial charge in [0, 0.05) is 5.71 Å². The quantitative estimate of drug-likeness (QED) is 0.282. The van der Waals surface area contributed by atoms with Crippen molar-refractivity contribution in [1.82, 2.24) is 0 Å². The molecule has 15 heavy (non-hydrogen) atoms. The fourth-order valence-electron chi connectivity index (χ4n) is 0.682. The van der Waals surface area contributed by atoms with Crippen LogP contribution in [-0.2, 0) is 19.6 Å². The molecule has 0 aliphatic rings. The first-order valence-electron chi connectivity index (χ1n) is 4.60. The summed E-state index contributed by atoms with van der Waals surface area (Å²) in [5, 5.41) is 7.11. The Balaban J connectivity index is 0. The number of carbonyl (C=O) groups is 1. The molecule has 0 aromatic rings. The van der Waals surface area contributed by atoms with E-state index in [4.69, 9.17) is 10.1 Å². The summed E-state index contributed by atoms with van der Waals surface area (Å²) in [6, 6.07) is 0. The SMILES string of the molecule is CC(=N)CCC(=O)OC(C)(C)C.[I][Zn][I]. The van der Waals surface area contributed by atoms with Gasteiger partial charge in [-0.05, 0) is 34.1 Å². The van der Waals surface area contributed by atoms with Crippen molar-refractivity contribution >= 4 is 51.2 Å². The Labute approximate surface area is 121 Å². The van der Waals surface area contributed by atoms with Crippen LogP contribution in [0.25, 0.3) is 0 Å². The normalized spacial score (nSPS) is 9.47. The van der Waals surface area contributed by atoms with E-state index in [2.05, 4.69) is 39.5 Å². The number of rotatable bonds is 3. The molecule has 0 aliphatic heterocycles. The maximum atomic E-state index is 11.0. The van der Waals surface area contributed by atoms with E-state index in [1.54, 1.807) is 6.92 Å². The van der Waals surface area contributed by atoms with Crippen molar-refractivity contribution in [2.45, 2.75) is 46.1 Å². The van der Waals surface area contributed by atoms with Crippen LogP contribution < -0.4 is 0 Å². The number of hydrogen-bond acceptors (Lipinski definition) is 3. The Kier molecular flexibility index (Phi) is 12.9. The molecule has 3 nitrogen and oxygen atoms in total. The third-order valence-electron chi connectivity index (χ3n) is 1.12. The molecule has 0 saturated carbocycles. The second-order valence-electron chi connectivity index (χ2n) is 3.97. The molecule has 0 amide bonds. The van der Waals surface area contributed by atoms with Gasteiger partial charge in [-0.3, -0.25) is 4.79 Å². The van der Waals surface area contributed by atoms with Crippen molar-refractivity contribution in [2.75, 3.05) is 0 Å². The average molecular weight is 490 g/mol. The van der Waals surface area contributed by atoms with Gasteiger partial charge in [-0.2, -0.15) is 0 Å². The second kappa shape index (κ2) is 10.4. The van der Waals surface area contributed by atoms with Crippen LogP contribution in [0.5, 0.6) is 0 Å². The molecule has 0 radical (unpaired) electrons. The van der Waals surface area contributed by atoms with Crippen LogP contribution in [0.2, 0.25) is 0 Å². The minimum absolute atomic E-state index is 0.0650. The van der Waals surface area contributed by atoms with Crippen LogP contribution in [0.1, 0.15) is 40.5 Å². The van der Waals surface area contributed by atoms with E-state index in [1.165, 1.54) is 0 Å². The first-order chi connectivity index (χ1) is 6.72. The molecular formula is C9H17I2NO2Zn. The fraction of sp³-hybridized carbons (Fsp3) is 0.778. The molecular weight excluding hydrogens is 473 g/mol. The molecule has 6 heteroatoms. The van der Waals surface area contributed by atoms with E-state index < -0.39 is 5.60 Å². The predicted octanol–water partition coefficient (Wildman–Crippen LogP) is 3.92. The third-order valence-corrected chi connectivity index (χ3v) is 1.12. The van der Waals surface area contributed by atoms with Gasteiger partial charge in [-0.25, -0.2) is 0 Å². The molecule has 0 atom stereocenters. The standard InChI is InChI=1S/C9H17NO2.2HI.Zn/c1-7(10)5-6-8(11)12-9(2,3)4;;;/h10H,5-6H2,1-4H3;2*1H;/q;;;+2/p-2. The van der Waals surface area contributed by atoms with Gasteiger partial charge in [0.15, 0.2) is 0 Å². The Morgan fingerprint density at radius 1 is 1.33 bits per heavy atom. The van der Waals surface area contributed by atoms with Crippen molar-refractivity contribution in [3.8, 4) is 0 Å². The summed E-state index contributed by atoms with van der Waals surface area (Å²) >= 11 is 4.93. The zero-order valence-electron chi connectivity index (χ0n) is 9.69. The van der Waals surface area contributed by atoms with Gasteiger partial charge in [-0.15, -0.1) is 0 Å². The molecule has 0 saturated heterocycles. The Morgan fingerprint density at radius 2 is 1.73 bits per heavy atom. The zero-order valence-corrected chi connectivity index (χ0v) is 17.0. The molecule has 0 fully saturated rings. The van der Waals surface area contributed by atoms with Crippen molar-refractivity contribution in [3.05, 3.63) is 0 Å². The van der Waals surface area contributed by atoms with Crippen LogP contribution in [0.15, 0.2) is 0 Å². The number of hydrogen-bond donors (Lipinski definition) is 1. The van der Waals surface area contributed by atoms with Crippen LogP contribution in [0.3, 0.4) is 0 Å². The van der Waals surface area contributed by atoms with Gasteiger partial charge in [-0.1, -0.05) is 0 Å². The van der Waals surface area contributed by atoms with E-state index in [0.29, 0.717) is 18.6 Å². The van der Waals surface area contributed by atoms with Crippen molar-refractivity contribution in [3.63, 3.8) is 0 Å². The summed E-state index contributed by atoms with van der Waals surface area (Å²) in [5.41, 5.74) is 0.105. The van der Waals surface area contributed by atoms with E-state index in [-0.39, 0.29) is 16.1 Å². The van der Waals surface area contributed by atoms with Crippen molar-refractivity contribution < 1.29 is 19.6 Å². The summed E-state index contributed by atoms with van der Waals surface area (Å²) < 4.78 is 5.05. The molecule has 0 aromatic carbocycles. The maximum absolute atomic E-state index is 11.0. The average Bonchev–Trinajstić information content (AvgIpc) is 1.99. The monoisotopic (exact) mass is 489 g/mol. The summed E-state index contributed by atoms with van der Waals surface area (Å²) in [6.45, 7) is 7.19. The third kappa shape index (κ3) is 21.1. The van der Waals surface area contributed by atoms with E-state index in [0.717, 1.165) is 0 Å². The number of nitrogens with one attached hydrogen (secondary N) is 1. The van der Waals surface area contributed by atoms with Gasteiger partial charge >= 0.3 is 55.6 Å². The zero-order chi connectivity index (χ0) is 12.5. The van der Waals surface area contributed by atoms with Crippen LogP contribution in [0.4, 0.5) is 0 Å². The molecule has 0 rings (SSSR count). The molecule has 0 bridgehead atoms. The predicted molar refractivity (Wildman–Crippen MR) is 76.5 cm³/mol. The fourth-order valence-corrected chi connectivity index (χ4v) is 0.682. The molecule has 0 heterocycles. The molecule has 86 valence electrons. The van der Waals surface area contributed by atoms with Crippen molar-refractivity contribution in [1.29, 1.82) is 5.41 Å². The molecule has 1 N–H and O–H groups in total. The molecule has 0 aliphatic carbocycles. The van der Waals surface area contributed by atoms with Crippen LogP contribution >= 0.6 is 39.5 Å². The van der Waals surface area contributed by atoms with E-state index in [9.17, 15) is 4.79 Å². The number of carbonyl (C=O) groups excluding carboxylic acids is 1. The first kappa shape index (κ1) is 18.6. The number of esters is 1. The molecule has 0 aromatic heterocycles. The summed E-state index contributed by atoms with van der Waals surface area (Å²) in [4.78, 5) is 11.0. The van der Waals surface area contributed by atoms with Crippen molar-refractivity contribution in [2.24, 2.45) is 0 Å². The van der Waals surface area contributed by atoms with E-state index >= 15 is 0 Å². The second-order valence-corrected chi connectivity index (χ2v) is 27.5. The first-order valence-corrected chi connectivity index (χ1v) is 22.7. The van der Waals surface area contributed by atoms with Crippen LogP contribution in [-0.4, -0.2) is 17.3 Å². The van der Waals surface area contributed by atoms with Gasteiger partial charge in [0.05, 0.1) is 6.42 Å². The van der Waals surface area contributed by atoms with Gasteiger partial charge < -0.3 is 10.1 Å². The number of ether oxygens (including phenoxy) is 1. The molecule has 0 spiro atoms. The Hall–Kier alpha value is 1.22. The van der Waals surface area contributed by atoms with Gasteiger partial charge in [0.1, 0.15) is 5.60 Å². The van der Waals surface area contributed by atoms with E-state index in [1.807, 2.05) is 20.8 Å². The Bertz CT molecular complexity index is 205. The Morgan fingerprint density at radius 3 is 2.00 bits per heavy atom. The molecule has 0 unspecified atom stereocenters. The van der Waals surface area contributed by atoms with Crippen LogP contribution in [0, 0.1) is 5.41 Å².